The number of nitrogens with zero attached hydrogens (tertiary/aromatic N) is 2. The summed E-state index contributed by atoms with van der Waals surface area (Å²) in [4.78, 5) is 24.3. The SMILES string of the molecule is CS(=O)(=O)N(CC(=O)N/N=C/c1ccc(OCC(=O)Nc2ccccc2)cc1)c1ccccc1Br. The van der Waals surface area contributed by atoms with E-state index < -0.39 is 22.5 Å². The average molecular weight is 559 g/mol. The molecule has 0 fully saturated rings. The second-order valence-electron chi connectivity index (χ2n) is 7.29. The molecule has 0 radical (unpaired) electrons. The first-order valence-corrected chi connectivity index (χ1v) is 13.0. The molecule has 3 aromatic carbocycles. The van der Waals surface area contributed by atoms with Gasteiger partial charge in [0.25, 0.3) is 11.8 Å². The van der Waals surface area contributed by atoms with Crippen LogP contribution < -0.4 is 19.8 Å². The lowest BCUT2D eigenvalue weighted by atomic mass is 10.2. The molecule has 2 N–H and O–H groups in total. The quantitative estimate of drug-likeness (QED) is 0.292. The number of halogens is 1. The zero-order chi connectivity index (χ0) is 25.3. The molecule has 2 amide bonds. The van der Waals surface area contributed by atoms with Gasteiger partial charge in [0.05, 0.1) is 18.2 Å². The van der Waals surface area contributed by atoms with Gasteiger partial charge in [-0.3, -0.25) is 13.9 Å². The van der Waals surface area contributed by atoms with Gasteiger partial charge in [0.2, 0.25) is 10.0 Å². The van der Waals surface area contributed by atoms with Gasteiger partial charge in [0, 0.05) is 10.2 Å². The van der Waals surface area contributed by atoms with Gasteiger partial charge in [0.15, 0.2) is 6.61 Å². The van der Waals surface area contributed by atoms with Gasteiger partial charge in [-0.1, -0.05) is 30.3 Å². The molecule has 0 heterocycles. The number of nitrogens with one attached hydrogen (secondary N) is 2. The van der Waals surface area contributed by atoms with Crippen molar-refractivity contribution in [1.82, 2.24) is 5.43 Å². The first kappa shape index (κ1) is 25.9. The number of para-hydroxylation sites is 2. The number of carbonyl (C=O) groups is 2. The second kappa shape index (κ2) is 12.1. The Kier molecular flexibility index (Phi) is 8.98. The first-order valence-electron chi connectivity index (χ1n) is 10.3. The van der Waals surface area contributed by atoms with Gasteiger partial charge in [-0.25, -0.2) is 13.8 Å². The Morgan fingerprint density at radius 3 is 2.29 bits per heavy atom. The van der Waals surface area contributed by atoms with Crippen LogP contribution in [0, 0.1) is 0 Å². The number of amides is 2. The molecular formula is C24H23BrN4O5S. The maximum atomic E-state index is 12.3. The molecule has 0 saturated heterocycles. The summed E-state index contributed by atoms with van der Waals surface area (Å²) in [5.74, 6) is -0.395. The van der Waals surface area contributed by atoms with E-state index in [0.29, 0.717) is 27.2 Å². The predicted molar refractivity (Wildman–Crippen MR) is 139 cm³/mol. The fraction of sp³-hybridized carbons (Fsp3) is 0.125. The minimum Gasteiger partial charge on any atom is -0.484 e. The van der Waals surface area contributed by atoms with Gasteiger partial charge in [-0.05, 0) is 70.0 Å². The molecule has 0 aromatic heterocycles. The Balaban J connectivity index is 1.50. The normalized spacial score (nSPS) is 11.1. The minimum absolute atomic E-state index is 0.146. The zero-order valence-corrected chi connectivity index (χ0v) is 21.1. The van der Waals surface area contributed by atoms with E-state index in [1.165, 1.54) is 6.21 Å². The zero-order valence-electron chi connectivity index (χ0n) is 18.7. The molecule has 9 nitrogen and oxygen atoms in total. The number of rotatable bonds is 10. The molecule has 182 valence electrons. The third-order valence-electron chi connectivity index (χ3n) is 4.52. The number of hydrazone groups is 1. The van der Waals surface area contributed by atoms with Crippen LogP contribution in [-0.4, -0.2) is 45.9 Å². The van der Waals surface area contributed by atoms with Crippen molar-refractivity contribution in [2.45, 2.75) is 0 Å². The number of ether oxygens (including phenoxy) is 1. The molecule has 3 aromatic rings. The standard InChI is InChI=1S/C24H23BrN4O5S/c1-35(32,33)29(22-10-6-5-9-21(22)25)16-23(30)28-26-15-18-11-13-20(14-12-18)34-17-24(31)27-19-7-3-2-4-8-19/h2-15H,16-17H2,1H3,(H,27,31)(H,28,30)/b26-15+. The van der Waals surface area contributed by atoms with E-state index in [1.807, 2.05) is 18.2 Å². The molecule has 0 aliphatic rings. The summed E-state index contributed by atoms with van der Waals surface area (Å²) < 4.78 is 31.4. The summed E-state index contributed by atoms with van der Waals surface area (Å²) in [6, 6.07) is 22.5. The first-order chi connectivity index (χ1) is 16.7. The topological polar surface area (TPSA) is 117 Å². The van der Waals surface area contributed by atoms with Crippen molar-refractivity contribution in [2.24, 2.45) is 5.10 Å². The molecule has 11 heteroatoms. The van der Waals surface area contributed by atoms with Crippen LogP contribution in [0.5, 0.6) is 5.75 Å². The van der Waals surface area contributed by atoms with Crippen LogP contribution in [0.1, 0.15) is 5.56 Å². The Bertz CT molecular complexity index is 1300. The lowest BCUT2D eigenvalue weighted by Gasteiger charge is -2.22. The molecular weight excluding hydrogens is 536 g/mol. The van der Waals surface area contributed by atoms with Gasteiger partial charge >= 0.3 is 0 Å². The molecule has 0 saturated carbocycles. The lowest BCUT2D eigenvalue weighted by Crippen LogP contribution is -2.39. The maximum absolute atomic E-state index is 12.3. The van der Waals surface area contributed by atoms with Gasteiger partial charge < -0.3 is 10.1 Å². The summed E-state index contributed by atoms with van der Waals surface area (Å²) in [6.07, 6.45) is 2.44. The van der Waals surface area contributed by atoms with Gasteiger partial charge in [0.1, 0.15) is 12.3 Å². The molecule has 0 aliphatic carbocycles. The fourth-order valence-corrected chi connectivity index (χ4v) is 4.38. The Morgan fingerprint density at radius 2 is 1.63 bits per heavy atom. The van der Waals surface area contributed by atoms with E-state index in [2.05, 4.69) is 31.8 Å². The molecule has 0 atom stereocenters. The van der Waals surface area contributed by atoms with Gasteiger partial charge in [-0.2, -0.15) is 5.10 Å². The molecule has 0 unspecified atom stereocenters. The number of sulfonamides is 1. The summed E-state index contributed by atoms with van der Waals surface area (Å²) >= 11 is 3.30. The van der Waals surface area contributed by atoms with Crippen LogP contribution >= 0.6 is 15.9 Å². The van der Waals surface area contributed by atoms with E-state index in [0.717, 1.165) is 10.6 Å². The summed E-state index contributed by atoms with van der Waals surface area (Å²) in [5.41, 5.74) is 4.02. The largest absolute Gasteiger partial charge is 0.484 e. The number of hydrogen-bond donors (Lipinski definition) is 2. The van der Waals surface area contributed by atoms with Crippen LogP contribution in [-0.2, 0) is 19.6 Å². The summed E-state index contributed by atoms with van der Waals surface area (Å²) in [7, 11) is -3.70. The van der Waals surface area contributed by atoms with Crippen LogP contribution in [0.3, 0.4) is 0 Å². The summed E-state index contributed by atoms with van der Waals surface area (Å²) in [6.45, 7) is -0.580. The van der Waals surface area contributed by atoms with E-state index in [1.54, 1.807) is 60.7 Å². The number of carbonyl (C=O) groups excluding carboxylic acids is 2. The van der Waals surface area contributed by atoms with Crippen molar-refractivity contribution in [3.8, 4) is 5.75 Å². The minimum atomic E-state index is -3.70. The molecule has 0 aliphatic heterocycles. The third-order valence-corrected chi connectivity index (χ3v) is 6.32. The average Bonchev–Trinajstić information content (AvgIpc) is 2.82. The van der Waals surface area contributed by atoms with Crippen LogP contribution in [0.2, 0.25) is 0 Å². The maximum Gasteiger partial charge on any atom is 0.262 e. The van der Waals surface area contributed by atoms with Crippen molar-refractivity contribution in [3.63, 3.8) is 0 Å². The molecule has 35 heavy (non-hydrogen) atoms. The van der Waals surface area contributed by atoms with E-state index in [9.17, 15) is 18.0 Å². The highest BCUT2D eigenvalue weighted by atomic mass is 79.9. The van der Waals surface area contributed by atoms with Gasteiger partial charge in [-0.15, -0.1) is 0 Å². The molecule has 3 rings (SSSR count). The highest BCUT2D eigenvalue weighted by Gasteiger charge is 2.22. The Hall–Kier alpha value is -3.70. The van der Waals surface area contributed by atoms with Crippen molar-refractivity contribution < 1.29 is 22.7 Å². The number of anilines is 2. The predicted octanol–water partition coefficient (Wildman–Crippen LogP) is 3.38. The van der Waals surface area contributed by atoms with Crippen LogP contribution in [0.15, 0.2) is 88.4 Å². The van der Waals surface area contributed by atoms with Crippen molar-refractivity contribution in [2.75, 3.05) is 29.0 Å². The molecule has 0 spiro atoms. The third kappa shape index (κ3) is 8.23. The van der Waals surface area contributed by atoms with Crippen LogP contribution in [0.4, 0.5) is 11.4 Å². The second-order valence-corrected chi connectivity index (χ2v) is 10.0. The highest BCUT2D eigenvalue weighted by Crippen LogP contribution is 2.27. The van der Waals surface area contributed by atoms with E-state index in [4.69, 9.17) is 4.74 Å². The number of benzene rings is 3. The van der Waals surface area contributed by atoms with E-state index in [-0.39, 0.29) is 12.5 Å². The van der Waals surface area contributed by atoms with Crippen molar-refractivity contribution in [3.05, 3.63) is 88.9 Å². The van der Waals surface area contributed by atoms with Crippen LogP contribution in [0.25, 0.3) is 0 Å². The fourth-order valence-electron chi connectivity index (χ4n) is 2.90. The number of hydrogen-bond acceptors (Lipinski definition) is 6. The monoisotopic (exact) mass is 558 g/mol. The van der Waals surface area contributed by atoms with Crippen molar-refractivity contribution >= 4 is 55.4 Å². The molecule has 0 bridgehead atoms. The Morgan fingerprint density at radius 1 is 0.971 bits per heavy atom. The van der Waals surface area contributed by atoms with E-state index >= 15 is 0 Å². The Labute approximate surface area is 212 Å². The highest BCUT2D eigenvalue weighted by molar-refractivity contribution is 9.10. The van der Waals surface area contributed by atoms with Crippen molar-refractivity contribution in [1.29, 1.82) is 0 Å². The smallest absolute Gasteiger partial charge is 0.262 e. The lowest BCUT2D eigenvalue weighted by molar-refractivity contribution is -0.119. The summed E-state index contributed by atoms with van der Waals surface area (Å²) in [5, 5.41) is 6.61.